The first kappa shape index (κ1) is 74.7. The van der Waals surface area contributed by atoms with Gasteiger partial charge in [0, 0.05) is 53.2 Å². The summed E-state index contributed by atoms with van der Waals surface area (Å²) in [6.45, 7) is 3.71. The van der Waals surface area contributed by atoms with E-state index in [2.05, 4.69) is 73.8 Å². The van der Waals surface area contributed by atoms with Crippen molar-refractivity contribution in [2.75, 3.05) is 32.8 Å². The maximum atomic E-state index is 15.0. The fourth-order valence-electron chi connectivity index (χ4n) is 9.69. The zero-order valence-corrected chi connectivity index (χ0v) is 52.6. The second kappa shape index (κ2) is 36.8. The molecule has 11 amide bonds. The summed E-state index contributed by atoms with van der Waals surface area (Å²) in [5, 5.41) is 64.3. The summed E-state index contributed by atoms with van der Waals surface area (Å²) < 4.78 is 0.771. The van der Waals surface area contributed by atoms with Crippen LogP contribution in [0.3, 0.4) is 0 Å². The summed E-state index contributed by atoms with van der Waals surface area (Å²) >= 11 is 3.31. The van der Waals surface area contributed by atoms with E-state index in [9.17, 15) is 73.2 Å². The molecule has 2 aromatic carbocycles. The Balaban J connectivity index is 1.57. The number of halogens is 1. The van der Waals surface area contributed by atoms with Crippen molar-refractivity contribution in [2.24, 2.45) is 33.8 Å². The second-order valence-corrected chi connectivity index (χ2v) is 23.0. The third-order valence-corrected chi connectivity index (χ3v) is 15.5. The molecule has 1 saturated heterocycles. The van der Waals surface area contributed by atoms with Crippen LogP contribution in [0.2, 0.25) is 0 Å². The number of nitrogens with zero attached hydrogens (tertiary/aromatic N) is 2. The number of carbonyl (C=O) groups excluding carboxylic acids is 11. The summed E-state index contributed by atoms with van der Waals surface area (Å²) in [7, 11) is 0. The van der Waals surface area contributed by atoms with Gasteiger partial charge in [0.2, 0.25) is 59.1 Å². The van der Waals surface area contributed by atoms with Gasteiger partial charge in [-0.2, -0.15) is 0 Å². The van der Waals surface area contributed by atoms with Crippen LogP contribution in [-0.2, 0) is 59.2 Å². The van der Waals surface area contributed by atoms with Gasteiger partial charge < -0.3 is 101 Å². The lowest BCUT2D eigenvalue weighted by atomic mass is 9.98. The zero-order valence-electron chi connectivity index (χ0n) is 51.0. The first-order chi connectivity index (χ1) is 43.1. The Labute approximate surface area is 532 Å². The van der Waals surface area contributed by atoms with Crippen molar-refractivity contribution in [3.8, 4) is 0 Å². The molecule has 1 aliphatic rings. The molecule has 4 rings (SSSR count). The SMILES string of the molecule is CC[C@H](C)[C@H](NC(=O)[C@H](CCCCNC(=O)c1ccc(Br)cc1)NC(=O)[C@H](CO)NC(=O)[C@@H](NC(=O)[C@@H]1CCCN1C(=O)[C@H](Cc1c[nH]c2ccccc12)NC(=O)[C@H](CCCN=C(N)N)NC(=O)[C@H](CO)NC(=O)[C@H](CC(N)=O)NC(=O)[C@H](C)N)[C@@H](C)O)C(=O)O. The van der Waals surface area contributed by atoms with Crippen LogP contribution in [0.1, 0.15) is 101 Å². The first-order valence-corrected chi connectivity index (χ1v) is 30.4. The molecule has 2 heterocycles. The van der Waals surface area contributed by atoms with Crippen molar-refractivity contribution in [1.82, 2.24) is 57.7 Å². The van der Waals surface area contributed by atoms with Crippen LogP contribution in [0.25, 0.3) is 10.9 Å². The van der Waals surface area contributed by atoms with Crippen molar-refractivity contribution in [3.63, 3.8) is 0 Å². The van der Waals surface area contributed by atoms with Gasteiger partial charge in [-0.3, -0.25) is 57.7 Å². The van der Waals surface area contributed by atoms with Crippen molar-refractivity contribution in [3.05, 3.63) is 70.3 Å². The minimum Gasteiger partial charge on any atom is -0.480 e. The Kier molecular flexibility index (Phi) is 30.2. The van der Waals surface area contributed by atoms with Gasteiger partial charge in [-0.25, -0.2) is 4.79 Å². The van der Waals surface area contributed by atoms with E-state index < -0.39 is 157 Å². The summed E-state index contributed by atoms with van der Waals surface area (Å²) in [5.74, 6) is -12.5. The lowest BCUT2D eigenvalue weighted by Gasteiger charge is -2.31. The fraction of sp³-hybridized carbons (Fsp3) is 0.534. The van der Waals surface area contributed by atoms with Crippen LogP contribution in [0.4, 0.5) is 0 Å². The molecule has 1 aromatic heterocycles. The minimum absolute atomic E-state index is 0.00882. The van der Waals surface area contributed by atoms with Crippen LogP contribution in [-0.4, -0.2) is 207 Å². The number of rotatable bonds is 37. The highest BCUT2D eigenvalue weighted by Crippen LogP contribution is 2.24. The number of carboxylic acids is 1. The van der Waals surface area contributed by atoms with E-state index in [1.807, 2.05) is 0 Å². The van der Waals surface area contributed by atoms with E-state index in [1.165, 1.54) is 6.92 Å². The normalized spacial score (nSPS) is 16.5. The summed E-state index contributed by atoms with van der Waals surface area (Å²) in [6, 6.07) is -1.74. The molecule has 12 atom stereocenters. The molecule has 0 saturated carbocycles. The molecule has 32 nitrogen and oxygen atoms in total. The number of aliphatic hydroxyl groups excluding tert-OH is 3. The van der Waals surface area contributed by atoms with Crippen LogP contribution in [0, 0.1) is 5.92 Å². The monoisotopic (exact) mass is 1340 g/mol. The second-order valence-electron chi connectivity index (χ2n) is 22.1. The molecular formula is C58H85BrN16O16. The number of likely N-dealkylation sites (tertiary alicyclic amines) is 1. The largest absolute Gasteiger partial charge is 0.480 e. The van der Waals surface area contributed by atoms with Crippen LogP contribution in [0.5, 0.6) is 0 Å². The topological polar surface area (TPSA) is 529 Å². The summed E-state index contributed by atoms with van der Waals surface area (Å²) in [4.78, 5) is 170. The molecule has 1 aliphatic heterocycles. The molecule has 0 bridgehead atoms. The standard InChI is InChI=1S/C58H85BrN16O16/c1-5-29(2)45(57(90)91)73-50(83)37(14-8-9-21-64-48(81)32-17-19-34(59)20-18-32)67-53(86)42(28-77)72-55(88)46(31(4)78)74-54(87)43-16-11-23-75(43)56(89)40(24-33-26-66-36-13-7-6-12-35(33)36)70-49(82)38(15-10-22-65-58(62)63)68-52(85)41(27-76)71-51(84)39(25-44(61)79)69-47(80)30(3)60/h6-7,12-13,17-20,26,29-31,37-43,45-46,66,76-78H,5,8-11,14-16,21-25,27-28,60H2,1-4H3,(H2,61,79)(H,64,81)(H,67,86)(H,68,85)(H,69,80)(H,70,82)(H,71,84)(H,72,88)(H,73,83)(H,74,87)(H,90,91)(H4,62,63,65)/t29-,30-,31+,37-,38-,39-,40-,41-,42-,43-,45-,46-/m0/s1. The number of guanidine groups is 1. The molecule has 22 N–H and O–H groups in total. The number of aliphatic hydroxyl groups is 3. The quantitative estimate of drug-likeness (QED) is 0.0148. The Bertz CT molecular complexity index is 3070. The smallest absolute Gasteiger partial charge is 0.326 e. The highest BCUT2D eigenvalue weighted by atomic mass is 79.9. The molecule has 0 spiro atoms. The Morgan fingerprint density at radius 2 is 1.23 bits per heavy atom. The average molecular weight is 1340 g/mol. The summed E-state index contributed by atoms with van der Waals surface area (Å²) in [5.41, 5.74) is 23.5. The number of carbonyl (C=O) groups is 12. The van der Waals surface area contributed by atoms with Crippen molar-refractivity contribution in [1.29, 1.82) is 0 Å². The van der Waals surface area contributed by atoms with Crippen LogP contribution >= 0.6 is 15.9 Å². The zero-order chi connectivity index (χ0) is 67.6. The third kappa shape index (κ3) is 23.2. The number of nitrogens with two attached hydrogens (primary N) is 4. The number of aliphatic carboxylic acids is 1. The van der Waals surface area contributed by atoms with Gasteiger partial charge >= 0.3 is 5.97 Å². The number of carboxylic acid groups (broad SMARTS) is 1. The Morgan fingerprint density at radius 1 is 0.681 bits per heavy atom. The number of aromatic nitrogens is 1. The van der Waals surface area contributed by atoms with E-state index in [0.29, 0.717) is 34.9 Å². The van der Waals surface area contributed by atoms with Crippen molar-refractivity contribution >= 4 is 104 Å². The number of hydrogen-bond acceptors (Lipinski definition) is 17. The molecule has 33 heteroatoms. The minimum atomic E-state index is -1.84. The van der Waals surface area contributed by atoms with Gasteiger partial charge in [-0.15, -0.1) is 0 Å². The van der Waals surface area contributed by atoms with Crippen molar-refractivity contribution < 1.29 is 78.0 Å². The number of fused-ring (bicyclic) bond motifs is 1. The molecule has 500 valence electrons. The number of hydrogen-bond donors (Lipinski definition) is 18. The number of para-hydroxylation sites is 1. The lowest BCUT2D eigenvalue weighted by molar-refractivity contribution is -0.144. The molecule has 1 fully saturated rings. The number of aliphatic imine (C=N–C) groups is 1. The average Bonchev–Trinajstić information content (AvgIpc) is 1.75. The number of benzene rings is 2. The van der Waals surface area contributed by atoms with Gasteiger partial charge in [0.15, 0.2) is 5.96 Å². The van der Waals surface area contributed by atoms with E-state index in [1.54, 1.807) is 68.6 Å². The van der Waals surface area contributed by atoms with Crippen LogP contribution in [0.15, 0.2) is 64.2 Å². The number of H-pyrrole nitrogens is 1. The third-order valence-electron chi connectivity index (χ3n) is 15.0. The van der Waals surface area contributed by atoms with Gasteiger partial charge in [0.1, 0.15) is 54.4 Å². The first-order valence-electron chi connectivity index (χ1n) is 29.6. The van der Waals surface area contributed by atoms with Gasteiger partial charge in [0.05, 0.1) is 31.8 Å². The van der Waals surface area contributed by atoms with Gasteiger partial charge in [0.25, 0.3) is 5.91 Å². The summed E-state index contributed by atoms with van der Waals surface area (Å²) in [6.07, 6.45) is -0.163. The molecule has 0 unspecified atom stereocenters. The Morgan fingerprint density at radius 3 is 1.80 bits per heavy atom. The number of unbranched alkanes of at least 4 members (excludes halogenated alkanes) is 1. The highest BCUT2D eigenvalue weighted by molar-refractivity contribution is 9.10. The van der Waals surface area contributed by atoms with Gasteiger partial charge in [-0.1, -0.05) is 54.4 Å². The number of nitrogens with one attached hydrogen (secondary N) is 10. The van der Waals surface area contributed by atoms with E-state index in [4.69, 9.17) is 22.9 Å². The number of aromatic amines is 1. The molecule has 0 radical (unpaired) electrons. The van der Waals surface area contributed by atoms with Crippen LogP contribution < -0.4 is 70.8 Å². The maximum Gasteiger partial charge on any atom is 0.326 e. The molecule has 0 aliphatic carbocycles. The fourth-order valence-corrected chi connectivity index (χ4v) is 9.95. The Hall–Kier alpha value is -8.79. The molecular weight excluding hydrogens is 1260 g/mol. The lowest BCUT2D eigenvalue weighted by Crippen LogP contribution is -2.62. The highest BCUT2D eigenvalue weighted by Gasteiger charge is 2.42. The van der Waals surface area contributed by atoms with E-state index >= 15 is 4.79 Å². The maximum absolute atomic E-state index is 15.0. The van der Waals surface area contributed by atoms with Crippen molar-refractivity contribution in [2.45, 2.75) is 158 Å². The predicted molar refractivity (Wildman–Crippen MR) is 333 cm³/mol. The number of amides is 11. The number of primary amides is 1. The molecule has 91 heavy (non-hydrogen) atoms. The predicted octanol–water partition coefficient (Wildman–Crippen LogP) is -4.29. The van der Waals surface area contributed by atoms with Gasteiger partial charge in [-0.05, 0) is 101 Å². The molecule has 3 aromatic rings. The van der Waals surface area contributed by atoms with E-state index in [-0.39, 0.29) is 76.4 Å². The van der Waals surface area contributed by atoms with E-state index in [0.717, 1.165) is 16.3 Å².